The molecule has 0 rings (SSSR count). The van der Waals surface area contributed by atoms with Crippen LogP contribution in [0, 0.1) is 0 Å². The van der Waals surface area contributed by atoms with Crippen molar-refractivity contribution in [2.24, 2.45) is 0 Å². The number of hydrogen-bond acceptors (Lipinski definition) is 1. The van der Waals surface area contributed by atoms with Crippen molar-refractivity contribution >= 4 is 5.97 Å². The fourth-order valence-corrected chi connectivity index (χ4v) is 2.11. The van der Waals surface area contributed by atoms with E-state index in [1.165, 1.54) is 51.4 Å². The molecule has 2 nitrogen and oxygen atoms in total. The van der Waals surface area contributed by atoms with Crippen LogP contribution in [0.4, 0.5) is 0 Å². The largest absolute Gasteiger partial charge is 0.481 e. The van der Waals surface area contributed by atoms with Crippen LogP contribution in [-0.2, 0) is 4.79 Å². The van der Waals surface area contributed by atoms with Crippen LogP contribution in [0.5, 0.6) is 0 Å². The van der Waals surface area contributed by atoms with Gasteiger partial charge in [-0.25, -0.2) is 0 Å². The van der Waals surface area contributed by atoms with Gasteiger partial charge in [-0.2, -0.15) is 0 Å². The Morgan fingerprint density at radius 3 is 1.75 bits per heavy atom. The van der Waals surface area contributed by atoms with Gasteiger partial charge in [-0.1, -0.05) is 50.5 Å². The van der Waals surface area contributed by atoms with E-state index in [4.69, 9.17) is 5.11 Å². The summed E-state index contributed by atoms with van der Waals surface area (Å²) >= 11 is 0. The molecule has 0 spiro atoms. The van der Waals surface area contributed by atoms with Crippen LogP contribution in [0.15, 0.2) is 24.3 Å². The first-order chi connectivity index (χ1) is 9.77. The molecule has 0 amide bonds. The second-order valence-electron chi connectivity index (χ2n) is 5.34. The van der Waals surface area contributed by atoms with Crippen LogP contribution >= 0.6 is 0 Å². The Hall–Kier alpha value is -1.05. The molecule has 0 radical (unpaired) electrons. The van der Waals surface area contributed by atoms with E-state index < -0.39 is 5.97 Å². The molecule has 0 heterocycles. The molecule has 0 saturated heterocycles. The predicted molar refractivity (Wildman–Crippen MR) is 87.0 cm³/mol. The highest BCUT2D eigenvalue weighted by Crippen LogP contribution is 2.08. The van der Waals surface area contributed by atoms with Crippen LogP contribution in [0.1, 0.15) is 84.0 Å². The van der Waals surface area contributed by atoms with Crippen LogP contribution in [-0.4, -0.2) is 11.1 Å². The normalized spacial score (nSPS) is 11.7. The van der Waals surface area contributed by atoms with E-state index in [9.17, 15) is 4.79 Å². The molecule has 0 aromatic carbocycles. The highest BCUT2D eigenvalue weighted by Gasteiger charge is 1.95. The molecule has 0 aromatic rings. The molecule has 20 heavy (non-hydrogen) atoms. The molecule has 0 saturated carbocycles. The fourth-order valence-electron chi connectivity index (χ4n) is 2.11. The highest BCUT2D eigenvalue weighted by atomic mass is 16.4. The monoisotopic (exact) mass is 280 g/mol. The van der Waals surface area contributed by atoms with Crippen molar-refractivity contribution in [1.29, 1.82) is 0 Å². The van der Waals surface area contributed by atoms with Gasteiger partial charge in [0.05, 0.1) is 0 Å². The van der Waals surface area contributed by atoms with Crippen molar-refractivity contribution in [3.63, 3.8) is 0 Å². The van der Waals surface area contributed by atoms with Gasteiger partial charge in [0.15, 0.2) is 0 Å². The van der Waals surface area contributed by atoms with Gasteiger partial charge in [-0.3, -0.25) is 4.79 Å². The van der Waals surface area contributed by atoms with Crippen molar-refractivity contribution in [2.75, 3.05) is 0 Å². The Bertz CT molecular complexity index is 267. The second-order valence-corrected chi connectivity index (χ2v) is 5.34. The summed E-state index contributed by atoms with van der Waals surface area (Å²) in [6.45, 7) is 2.17. The van der Waals surface area contributed by atoms with Crippen molar-refractivity contribution < 1.29 is 9.90 Å². The Labute approximate surface area is 125 Å². The van der Waals surface area contributed by atoms with Gasteiger partial charge in [-0.15, -0.1) is 0 Å². The Morgan fingerprint density at radius 2 is 1.20 bits per heavy atom. The molecule has 2 heteroatoms. The van der Waals surface area contributed by atoms with E-state index in [1.807, 2.05) is 0 Å². The summed E-state index contributed by atoms with van der Waals surface area (Å²) in [4.78, 5) is 10.3. The third-order valence-electron chi connectivity index (χ3n) is 3.32. The molecule has 0 fully saturated rings. The first-order valence-corrected chi connectivity index (χ1v) is 8.29. The van der Waals surface area contributed by atoms with Crippen LogP contribution in [0.2, 0.25) is 0 Å². The van der Waals surface area contributed by atoms with E-state index in [2.05, 4.69) is 31.2 Å². The number of unbranched alkanes of at least 4 members (excludes halogenated alkanes) is 8. The van der Waals surface area contributed by atoms with Gasteiger partial charge in [0, 0.05) is 6.42 Å². The number of carboxylic acids is 1. The van der Waals surface area contributed by atoms with E-state index in [0.29, 0.717) is 6.42 Å². The standard InChI is InChI=1S/C18H32O2/c1-2-3-4-5-6-7-8-9-10-11-12-13-14-15-16-17-18(19)20/h3-4,9-10H,2,5-8,11-17H2,1H3,(H,19,20)/b4-3-,10-9+. The lowest BCUT2D eigenvalue weighted by Crippen LogP contribution is -1.93. The SMILES string of the molecule is CC/C=C\CCCC/C=C/CCCCCCCC(=O)O. The van der Waals surface area contributed by atoms with E-state index in [0.717, 1.165) is 19.3 Å². The molecule has 0 aliphatic rings. The summed E-state index contributed by atoms with van der Waals surface area (Å²) in [5, 5.41) is 8.50. The first kappa shape index (κ1) is 18.9. The number of hydrogen-bond donors (Lipinski definition) is 1. The lowest BCUT2D eigenvalue weighted by Gasteiger charge is -1.98. The van der Waals surface area contributed by atoms with Gasteiger partial charge >= 0.3 is 5.97 Å². The van der Waals surface area contributed by atoms with Crippen LogP contribution in [0.3, 0.4) is 0 Å². The van der Waals surface area contributed by atoms with Crippen molar-refractivity contribution in [1.82, 2.24) is 0 Å². The molecule has 0 aliphatic heterocycles. The molecule has 0 unspecified atom stereocenters. The van der Waals surface area contributed by atoms with E-state index in [-0.39, 0.29) is 0 Å². The maximum atomic E-state index is 10.3. The van der Waals surface area contributed by atoms with Gasteiger partial charge in [0.25, 0.3) is 0 Å². The van der Waals surface area contributed by atoms with Crippen LogP contribution in [0.25, 0.3) is 0 Å². The summed E-state index contributed by atoms with van der Waals surface area (Å²) < 4.78 is 0. The lowest BCUT2D eigenvalue weighted by molar-refractivity contribution is -0.137. The fraction of sp³-hybridized carbons (Fsp3) is 0.722. The van der Waals surface area contributed by atoms with Gasteiger partial charge in [0.2, 0.25) is 0 Å². The zero-order valence-electron chi connectivity index (χ0n) is 13.2. The second kappa shape index (κ2) is 16.0. The first-order valence-electron chi connectivity index (χ1n) is 8.29. The van der Waals surface area contributed by atoms with Crippen molar-refractivity contribution in [3.8, 4) is 0 Å². The highest BCUT2D eigenvalue weighted by molar-refractivity contribution is 5.66. The third kappa shape index (κ3) is 16.9. The number of aliphatic carboxylic acids is 1. The molecular weight excluding hydrogens is 248 g/mol. The number of carboxylic acid groups (broad SMARTS) is 1. The maximum Gasteiger partial charge on any atom is 0.303 e. The van der Waals surface area contributed by atoms with Crippen molar-refractivity contribution in [3.05, 3.63) is 24.3 Å². The minimum atomic E-state index is -0.668. The zero-order chi connectivity index (χ0) is 14.9. The molecule has 0 bridgehead atoms. The Balaban J connectivity index is 3.12. The smallest absolute Gasteiger partial charge is 0.303 e. The van der Waals surface area contributed by atoms with Gasteiger partial charge < -0.3 is 5.11 Å². The Morgan fingerprint density at radius 1 is 0.750 bits per heavy atom. The van der Waals surface area contributed by atoms with Crippen molar-refractivity contribution in [2.45, 2.75) is 84.0 Å². The lowest BCUT2D eigenvalue weighted by atomic mass is 10.1. The molecule has 0 aromatic heterocycles. The zero-order valence-corrected chi connectivity index (χ0v) is 13.2. The quantitative estimate of drug-likeness (QED) is 0.318. The maximum absolute atomic E-state index is 10.3. The topological polar surface area (TPSA) is 37.3 Å². The molecule has 0 aliphatic carbocycles. The average Bonchev–Trinajstić information content (AvgIpc) is 2.43. The van der Waals surface area contributed by atoms with Gasteiger partial charge in [-0.05, 0) is 51.4 Å². The molecular formula is C18H32O2. The summed E-state index contributed by atoms with van der Waals surface area (Å²) in [5.41, 5.74) is 0. The number of carbonyl (C=O) groups is 1. The molecule has 0 atom stereocenters. The van der Waals surface area contributed by atoms with E-state index in [1.54, 1.807) is 0 Å². The molecule has 1 N–H and O–H groups in total. The minimum Gasteiger partial charge on any atom is -0.481 e. The third-order valence-corrected chi connectivity index (χ3v) is 3.32. The predicted octanol–water partition coefficient (Wildman–Crippen LogP) is 5.88. The summed E-state index contributed by atoms with van der Waals surface area (Å²) in [7, 11) is 0. The summed E-state index contributed by atoms with van der Waals surface area (Å²) in [6, 6.07) is 0. The number of allylic oxidation sites excluding steroid dienone is 4. The van der Waals surface area contributed by atoms with Crippen LogP contribution < -0.4 is 0 Å². The van der Waals surface area contributed by atoms with Gasteiger partial charge in [0.1, 0.15) is 0 Å². The Kier molecular flexibility index (Phi) is 15.2. The average molecular weight is 280 g/mol. The summed E-state index contributed by atoms with van der Waals surface area (Å²) in [5.74, 6) is -0.668. The minimum absolute atomic E-state index is 0.327. The number of rotatable bonds is 14. The summed E-state index contributed by atoms with van der Waals surface area (Å²) in [6.07, 6.45) is 22.3. The van der Waals surface area contributed by atoms with E-state index >= 15 is 0 Å². The molecule has 116 valence electrons.